The molecule has 19 heteroatoms. The van der Waals surface area contributed by atoms with Crippen molar-refractivity contribution in [2.45, 2.75) is 426 Å². The monoisotopic (exact) mass is 1440 g/mol. The van der Waals surface area contributed by atoms with Gasteiger partial charge < -0.3 is 33.8 Å². The van der Waals surface area contributed by atoms with Crippen molar-refractivity contribution < 1.29 is 80.2 Å². The highest BCUT2D eigenvalue weighted by Crippen LogP contribution is 2.45. The molecular formula is C79H154O17P2. The number of carbonyl (C=O) groups is 4. The van der Waals surface area contributed by atoms with E-state index in [2.05, 4.69) is 48.5 Å². The number of unbranched alkanes of at least 4 members (excludes halogenated alkanes) is 43. The molecule has 0 saturated carbocycles. The maximum Gasteiger partial charge on any atom is 0.472 e. The van der Waals surface area contributed by atoms with Crippen molar-refractivity contribution in [3.8, 4) is 0 Å². The summed E-state index contributed by atoms with van der Waals surface area (Å²) in [7, 11) is -9.92. The molecule has 98 heavy (non-hydrogen) atoms. The largest absolute Gasteiger partial charge is 0.472 e. The first-order valence-electron chi connectivity index (χ1n) is 40.9. The number of hydrogen-bond donors (Lipinski definition) is 3. The number of phosphoric ester groups is 2. The lowest BCUT2D eigenvalue weighted by atomic mass is 9.99. The molecule has 0 bridgehead atoms. The number of carbonyl (C=O) groups excluding carboxylic acids is 4. The molecule has 0 heterocycles. The van der Waals surface area contributed by atoms with Gasteiger partial charge in [-0.15, -0.1) is 0 Å². The number of aliphatic hydroxyl groups excluding tert-OH is 1. The normalized spacial score (nSPS) is 14.6. The highest BCUT2D eigenvalue weighted by Gasteiger charge is 2.30. The van der Waals surface area contributed by atoms with Crippen LogP contribution in [0.25, 0.3) is 0 Å². The van der Waals surface area contributed by atoms with E-state index in [1.54, 1.807) is 0 Å². The minimum Gasteiger partial charge on any atom is -0.462 e. The van der Waals surface area contributed by atoms with Gasteiger partial charge in [-0.05, 0) is 43.4 Å². The van der Waals surface area contributed by atoms with E-state index in [9.17, 15) is 43.2 Å². The summed E-state index contributed by atoms with van der Waals surface area (Å²) in [6.45, 7) is 12.0. The van der Waals surface area contributed by atoms with Gasteiger partial charge in [0.1, 0.15) is 19.3 Å². The van der Waals surface area contributed by atoms with Gasteiger partial charge in [0.2, 0.25) is 0 Å². The van der Waals surface area contributed by atoms with Crippen molar-refractivity contribution in [1.82, 2.24) is 0 Å². The van der Waals surface area contributed by atoms with E-state index in [1.165, 1.54) is 218 Å². The first-order valence-corrected chi connectivity index (χ1v) is 43.9. The lowest BCUT2D eigenvalue weighted by Crippen LogP contribution is -2.30. The van der Waals surface area contributed by atoms with Gasteiger partial charge in [-0.3, -0.25) is 37.3 Å². The van der Waals surface area contributed by atoms with Crippen LogP contribution in [0.3, 0.4) is 0 Å². The molecule has 0 aromatic rings. The van der Waals surface area contributed by atoms with Crippen LogP contribution in [0.15, 0.2) is 0 Å². The minimum atomic E-state index is -4.96. The van der Waals surface area contributed by atoms with E-state index in [-0.39, 0.29) is 25.7 Å². The Morgan fingerprint density at radius 3 is 0.776 bits per heavy atom. The standard InChI is InChI=1S/C79H154O17P2/c1-8-11-12-13-14-15-16-21-25-32-41-48-55-62-78(83)96-75(67-90-77(82)61-54-47-40-35-34-38-45-52-59-72(7)10-3)69-94-98(87,88)92-65-73(80)64-91-97(85,86)93-68-74(66-89-76(81)60-53-46-39-31-28-27-30-37-44-51-58-71(6)9-2)95-79(84)63-56-49-42-33-26-23-20-18-17-19-22-24-29-36-43-50-57-70(4)5/h70-75,80H,8-69H2,1-7H3,(H,85,86)(H,87,88)/t71?,72?,73-,74-,75-/m1/s1. The smallest absolute Gasteiger partial charge is 0.462 e. The van der Waals surface area contributed by atoms with Crippen LogP contribution in [-0.4, -0.2) is 96.7 Å². The summed E-state index contributed by atoms with van der Waals surface area (Å²) in [6.07, 6.45) is 56.6. The quantitative estimate of drug-likeness (QED) is 0.0222. The van der Waals surface area contributed by atoms with Crippen LogP contribution in [0.2, 0.25) is 0 Å². The second-order valence-corrected chi connectivity index (χ2v) is 32.3. The molecule has 0 aliphatic rings. The van der Waals surface area contributed by atoms with Crippen LogP contribution in [0.5, 0.6) is 0 Å². The molecule has 0 aromatic heterocycles. The van der Waals surface area contributed by atoms with Crippen molar-refractivity contribution in [1.29, 1.82) is 0 Å². The Kier molecular flexibility index (Phi) is 68.1. The van der Waals surface area contributed by atoms with Crippen molar-refractivity contribution in [3.63, 3.8) is 0 Å². The Morgan fingerprint density at radius 2 is 0.520 bits per heavy atom. The Labute approximate surface area is 600 Å². The summed E-state index contributed by atoms with van der Waals surface area (Å²) in [5, 5.41) is 10.6. The van der Waals surface area contributed by atoms with Crippen molar-refractivity contribution in [2.24, 2.45) is 17.8 Å². The zero-order valence-corrected chi connectivity index (χ0v) is 66.0. The fraction of sp³-hybridized carbons (Fsp3) is 0.949. The van der Waals surface area contributed by atoms with E-state index >= 15 is 0 Å². The highest BCUT2D eigenvalue weighted by atomic mass is 31.2. The van der Waals surface area contributed by atoms with Gasteiger partial charge in [-0.2, -0.15) is 0 Å². The van der Waals surface area contributed by atoms with Gasteiger partial charge in [-0.25, -0.2) is 9.13 Å². The maximum absolute atomic E-state index is 13.1. The minimum absolute atomic E-state index is 0.107. The lowest BCUT2D eigenvalue weighted by molar-refractivity contribution is -0.161. The first kappa shape index (κ1) is 96.1. The molecule has 0 amide bonds. The van der Waals surface area contributed by atoms with E-state index in [0.29, 0.717) is 25.7 Å². The van der Waals surface area contributed by atoms with Crippen LogP contribution >= 0.6 is 15.6 Å². The van der Waals surface area contributed by atoms with Gasteiger partial charge in [0.15, 0.2) is 12.2 Å². The topological polar surface area (TPSA) is 237 Å². The molecule has 3 N–H and O–H groups in total. The van der Waals surface area contributed by atoms with E-state index in [1.807, 2.05) is 0 Å². The predicted octanol–water partition coefficient (Wildman–Crippen LogP) is 23.4. The Balaban J connectivity index is 5.26. The number of phosphoric acid groups is 2. The molecule has 0 spiro atoms. The number of hydrogen-bond acceptors (Lipinski definition) is 15. The van der Waals surface area contributed by atoms with Gasteiger partial charge in [0.25, 0.3) is 0 Å². The molecule has 4 unspecified atom stereocenters. The van der Waals surface area contributed by atoms with Crippen LogP contribution < -0.4 is 0 Å². The summed E-state index contributed by atoms with van der Waals surface area (Å²) in [5.41, 5.74) is 0. The zero-order chi connectivity index (χ0) is 72.3. The van der Waals surface area contributed by atoms with Crippen molar-refractivity contribution in [3.05, 3.63) is 0 Å². The lowest BCUT2D eigenvalue weighted by Gasteiger charge is -2.21. The van der Waals surface area contributed by atoms with Gasteiger partial charge in [0, 0.05) is 25.7 Å². The summed E-state index contributed by atoms with van der Waals surface area (Å²) < 4.78 is 68.7. The van der Waals surface area contributed by atoms with E-state index in [0.717, 1.165) is 108 Å². The average molecular weight is 1440 g/mol. The average Bonchev–Trinajstić information content (AvgIpc) is 1.02. The maximum atomic E-state index is 13.1. The fourth-order valence-electron chi connectivity index (χ4n) is 12.1. The van der Waals surface area contributed by atoms with Gasteiger partial charge in [-0.1, -0.05) is 357 Å². The Bertz CT molecular complexity index is 1910. The molecule has 0 aliphatic carbocycles. The molecule has 582 valence electrons. The third-order valence-corrected chi connectivity index (χ3v) is 21.0. The van der Waals surface area contributed by atoms with Crippen molar-refractivity contribution in [2.75, 3.05) is 39.6 Å². The number of ether oxygens (including phenoxy) is 4. The predicted molar refractivity (Wildman–Crippen MR) is 400 cm³/mol. The molecule has 0 radical (unpaired) electrons. The number of rotatable bonds is 77. The van der Waals surface area contributed by atoms with Crippen LogP contribution in [-0.2, 0) is 65.4 Å². The zero-order valence-electron chi connectivity index (χ0n) is 64.3. The summed E-state index contributed by atoms with van der Waals surface area (Å²) in [5.74, 6) is 0.284. The summed E-state index contributed by atoms with van der Waals surface area (Å²) in [4.78, 5) is 73.0. The Morgan fingerprint density at radius 1 is 0.296 bits per heavy atom. The first-order chi connectivity index (χ1) is 47.3. The van der Waals surface area contributed by atoms with Crippen molar-refractivity contribution >= 4 is 39.5 Å². The van der Waals surface area contributed by atoms with Crippen LogP contribution in [0.4, 0.5) is 0 Å². The molecule has 7 atom stereocenters. The number of esters is 4. The molecule has 0 rings (SSSR count). The highest BCUT2D eigenvalue weighted by molar-refractivity contribution is 7.47. The van der Waals surface area contributed by atoms with Crippen LogP contribution in [0.1, 0.15) is 408 Å². The molecule has 17 nitrogen and oxygen atoms in total. The molecule has 0 saturated heterocycles. The SMILES string of the molecule is CCCCCCCCCCCCCCCC(=O)O[C@H](COC(=O)CCCCCCCCCCC(C)CC)COP(=O)(O)OC[C@H](O)COP(=O)(O)OC[C@@H](COC(=O)CCCCCCCCCCCCC(C)CC)OC(=O)CCCCCCCCCCCCCCCCCCC(C)C. The molecule has 0 aliphatic heterocycles. The third kappa shape index (κ3) is 69.8. The number of aliphatic hydroxyl groups is 1. The third-order valence-electron chi connectivity index (χ3n) is 19.1. The summed E-state index contributed by atoms with van der Waals surface area (Å²) >= 11 is 0. The summed E-state index contributed by atoms with van der Waals surface area (Å²) in [6, 6.07) is 0. The Hall–Kier alpha value is -1.94. The molecular weight excluding hydrogens is 1280 g/mol. The second kappa shape index (κ2) is 69.4. The molecule has 0 aromatic carbocycles. The fourth-order valence-corrected chi connectivity index (χ4v) is 13.6. The van der Waals surface area contributed by atoms with Gasteiger partial charge >= 0.3 is 39.5 Å². The van der Waals surface area contributed by atoms with Crippen LogP contribution in [0, 0.1) is 17.8 Å². The van der Waals surface area contributed by atoms with E-state index < -0.39 is 97.5 Å². The van der Waals surface area contributed by atoms with E-state index in [4.69, 9.17) is 37.0 Å². The molecule has 0 fully saturated rings. The second-order valence-electron chi connectivity index (χ2n) is 29.4. The van der Waals surface area contributed by atoms with Gasteiger partial charge in [0.05, 0.1) is 26.4 Å².